The maximum atomic E-state index is 14.3. The van der Waals surface area contributed by atoms with Crippen LogP contribution in [0.5, 0.6) is 11.5 Å². The third kappa shape index (κ3) is 5.25. The second-order valence-corrected chi connectivity index (χ2v) is 6.49. The molecule has 29 heavy (non-hydrogen) atoms. The maximum absolute atomic E-state index is 14.3. The molecule has 1 amide bonds. The summed E-state index contributed by atoms with van der Waals surface area (Å²) in [6.45, 7) is 1.85. The van der Waals surface area contributed by atoms with Gasteiger partial charge in [-0.25, -0.2) is 8.78 Å². The summed E-state index contributed by atoms with van der Waals surface area (Å²) in [4.78, 5) is 17.9. The average molecular weight is 394 g/mol. The molecule has 0 N–H and O–H groups in total. The Hall–Kier alpha value is -3.54. The van der Waals surface area contributed by atoms with E-state index in [1.165, 1.54) is 47.5 Å². The van der Waals surface area contributed by atoms with Crippen LogP contribution >= 0.6 is 0 Å². The van der Waals surface area contributed by atoms with Gasteiger partial charge in [0.1, 0.15) is 11.6 Å². The van der Waals surface area contributed by atoms with Crippen molar-refractivity contribution in [2.45, 2.75) is 13.0 Å². The first kappa shape index (κ1) is 20.2. The van der Waals surface area contributed by atoms with Crippen molar-refractivity contribution in [1.29, 1.82) is 0 Å². The summed E-state index contributed by atoms with van der Waals surface area (Å²) in [6, 6.07) is 13.6. The first-order valence-corrected chi connectivity index (χ1v) is 9.02. The lowest BCUT2D eigenvalue weighted by molar-refractivity contribution is -0.126. The van der Waals surface area contributed by atoms with Crippen LogP contribution < -0.4 is 4.74 Å². The van der Waals surface area contributed by atoms with Crippen molar-refractivity contribution < 1.29 is 18.3 Å². The number of carbonyl (C=O) groups excluding carboxylic acids is 1. The number of halogens is 2. The van der Waals surface area contributed by atoms with Crippen LogP contribution in [-0.4, -0.2) is 22.8 Å². The molecule has 1 unspecified atom stereocenters. The molecule has 1 heterocycles. The molecule has 0 fully saturated rings. The fourth-order valence-electron chi connectivity index (χ4n) is 2.68. The Morgan fingerprint density at radius 1 is 1.14 bits per heavy atom. The van der Waals surface area contributed by atoms with Crippen LogP contribution in [0.1, 0.15) is 24.1 Å². The van der Waals surface area contributed by atoms with Crippen molar-refractivity contribution in [1.82, 2.24) is 9.88 Å². The predicted octanol–water partition coefficient (Wildman–Crippen LogP) is 5.38. The molecule has 0 spiro atoms. The van der Waals surface area contributed by atoms with Crippen LogP contribution in [0.25, 0.3) is 6.08 Å². The zero-order valence-electron chi connectivity index (χ0n) is 16.0. The van der Waals surface area contributed by atoms with E-state index in [0.29, 0.717) is 11.3 Å². The van der Waals surface area contributed by atoms with Gasteiger partial charge in [0.2, 0.25) is 5.91 Å². The van der Waals surface area contributed by atoms with Crippen LogP contribution in [0.2, 0.25) is 0 Å². The molecule has 0 saturated heterocycles. The minimum atomic E-state index is -0.545. The quantitative estimate of drug-likeness (QED) is 0.527. The minimum absolute atomic E-state index is 0.0727. The molecule has 2 aromatic carbocycles. The number of amides is 1. The van der Waals surface area contributed by atoms with E-state index in [9.17, 15) is 13.6 Å². The van der Waals surface area contributed by atoms with Gasteiger partial charge in [0.05, 0.1) is 12.2 Å². The largest absolute Gasteiger partial charge is 0.453 e. The number of benzene rings is 2. The van der Waals surface area contributed by atoms with Gasteiger partial charge < -0.3 is 9.64 Å². The summed E-state index contributed by atoms with van der Waals surface area (Å²) < 4.78 is 32.8. The number of ether oxygens (including phenoxy) is 1. The second-order valence-electron chi connectivity index (χ2n) is 6.49. The normalized spacial score (nSPS) is 12.0. The number of rotatable bonds is 6. The molecule has 4 nitrogen and oxygen atoms in total. The molecule has 3 aromatic rings. The summed E-state index contributed by atoms with van der Waals surface area (Å²) in [7, 11) is 1.66. The molecular formula is C23H20F2N2O2. The fourth-order valence-corrected chi connectivity index (χ4v) is 2.68. The standard InChI is InChI=1S/C23H20F2N2O2/c1-16(18-7-9-19(24)10-8-18)27(2)23(28)12-6-17-5-11-22(21(25)14-17)29-20-4-3-13-26-15-20/h3-16H,1-2H3/b12-6+. The lowest BCUT2D eigenvalue weighted by Crippen LogP contribution is -2.27. The van der Waals surface area contributed by atoms with Gasteiger partial charge in [-0.15, -0.1) is 0 Å². The number of carbonyl (C=O) groups is 1. The highest BCUT2D eigenvalue weighted by Gasteiger charge is 2.15. The summed E-state index contributed by atoms with van der Waals surface area (Å²) in [5, 5.41) is 0. The van der Waals surface area contributed by atoms with Gasteiger partial charge in [-0.2, -0.15) is 0 Å². The lowest BCUT2D eigenvalue weighted by atomic mass is 10.1. The third-order valence-corrected chi connectivity index (χ3v) is 4.52. The smallest absolute Gasteiger partial charge is 0.246 e. The Bertz CT molecular complexity index is 1010. The number of aromatic nitrogens is 1. The van der Waals surface area contributed by atoms with E-state index in [2.05, 4.69) is 4.98 Å². The second kappa shape index (κ2) is 9.10. The fraction of sp³-hybridized carbons (Fsp3) is 0.130. The Kier molecular flexibility index (Phi) is 6.34. The van der Waals surface area contributed by atoms with E-state index in [4.69, 9.17) is 4.74 Å². The van der Waals surface area contributed by atoms with Crippen molar-refractivity contribution in [3.05, 3.63) is 95.8 Å². The summed E-state index contributed by atoms with van der Waals surface area (Å²) >= 11 is 0. The molecule has 6 heteroatoms. The number of likely N-dealkylation sites (N-methyl/N-ethyl adjacent to an activating group) is 1. The Morgan fingerprint density at radius 3 is 2.55 bits per heavy atom. The van der Waals surface area contributed by atoms with E-state index in [-0.39, 0.29) is 23.5 Å². The monoisotopic (exact) mass is 394 g/mol. The van der Waals surface area contributed by atoms with Crippen LogP contribution in [-0.2, 0) is 4.79 Å². The molecule has 0 aliphatic carbocycles. The first-order chi connectivity index (χ1) is 13.9. The van der Waals surface area contributed by atoms with Crippen molar-refractivity contribution in [3.63, 3.8) is 0 Å². The SMILES string of the molecule is CC(c1ccc(F)cc1)N(C)C(=O)/C=C/c1ccc(Oc2cccnc2)c(F)c1. The third-order valence-electron chi connectivity index (χ3n) is 4.52. The van der Waals surface area contributed by atoms with Crippen LogP contribution in [0.15, 0.2) is 73.1 Å². The van der Waals surface area contributed by atoms with Crippen molar-refractivity contribution >= 4 is 12.0 Å². The van der Waals surface area contributed by atoms with Gasteiger partial charge in [0, 0.05) is 19.3 Å². The highest BCUT2D eigenvalue weighted by atomic mass is 19.1. The van der Waals surface area contributed by atoms with Crippen molar-refractivity contribution in [3.8, 4) is 11.5 Å². The number of pyridine rings is 1. The van der Waals surface area contributed by atoms with E-state index >= 15 is 0 Å². The molecular weight excluding hydrogens is 374 g/mol. The van der Waals surface area contributed by atoms with Gasteiger partial charge in [-0.1, -0.05) is 18.2 Å². The molecule has 1 atom stereocenters. The molecule has 0 aliphatic heterocycles. The topological polar surface area (TPSA) is 42.4 Å². The van der Waals surface area contributed by atoms with Crippen LogP contribution in [0, 0.1) is 11.6 Å². The van der Waals surface area contributed by atoms with Gasteiger partial charge in [-0.3, -0.25) is 9.78 Å². The zero-order valence-corrected chi connectivity index (χ0v) is 16.0. The Labute approximate surface area is 168 Å². The highest BCUT2D eigenvalue weighted by molar-refractivity contribution is 5.91. The molecule has 3 rings (SSSR count). The summed E-state index contributed by atoms with van der Waals surface area (Å²) in [5.74, 6) is -0.619. The molecule has 0 bridgehead atoms. The van der Waals surface area contributed by atoms with Crippen molar-refractivity contribution in [2.24, 2.45) is 0 Å². The first-order valence-electron chi connectivity index (χ1n) is 9.02. The van der Waals surface area contributed by atoms with Gasteiger partial charge in [-0.05, 0) is 60.5 Å². The van der Waals surface area contributed by atoms with Crippen LogP contribution in [0.4, 0.5) is 8.78 Å². The molecule has 148 valence electrons. The molecule has 0 saturated carbocycles. The average Bonchev–Trinajstić information content (AvgIpc) is 2.74. The van der Waals surface area contributed by atoms with E-state index in [0.717, 1.165) is 5.56 Å². The number of hydrogen-bond donors (Lipinski definition) is 0. The van der Waals surface area contributed by atoms with Gasteiger partial charge in [0.25, 0.3) is 0 Å². The van der Waals surface area contributed by atoms with E-state index < -0.39 is 5.82 Å². The predicted molar refractivity (Wildman–Crippen MR) is 107 cm³/mol. The summed E-state index contributed by atoms with van der Waals surface area (Å²) in [5.41, 5.74) is 1.34. The van der Waals surface area contributed by atoms with Crippen LogP contribution in [0.3, 0.4) is 0 Å². The lowest BCUT2D eigenvalue weighted by Gasteiger charge is -2.24. The van der Waals surface area contributed by atoms with E-state index in [1.807, 2.05) is 6.92 Å². The molecule has 0 radical (unpaired) electrons. The number of nitrogens with zero attached hydrogens (tertiary/aromatic N) is 2. The maximum Gasteiger partial charge on any atom is 0.246 e. The highest BCUT2D eigenvalue weighted by Crippen LogP contribution is 2.25. The zero-order chi connectivity index (χ0) is 20.8. The number of hydrogen-bond acceptors (Lipinski definition) is 3. The minimum Gasteiger partial charge on any atom is -0.453 e. The summed E-state index contributed by atoms with van der Waals surface area (Å²) in [6.07, 6.45) is 6.00. The molecule has 0 aliphatic rings. The Morgan fingerprint density at radius 2 is 1.90 bits per heavy atom. The van der Waals surface area contributed by atoms with Gasteiger partial charge in [0.15, 0.2) is 11.6 Å². The Balaban J connectivity index is 1.66. The van der Waals surface area contributed by atoms with E-state index in [1.54, 1.807) is 43.6 Å². The van der Waals surface area contributed by atoms with Crippen molar-refractivity contribution in [2.75, 3.05) is 7.05 Å². The molecule has 1 aromatic heterocycles. The van der Waals surface area contributed by atoms with Gasteiger partial charge >= 0.3 is 0 Å².